The molecule has 0 spiro atoms. The number of methoxy groups -OCH3 is 1. The molecular formula is C26H36NO2+. The Bertz CT molecular complexity index is 834. The van der Waals surface area contributed by atoms with E-state index in [4.69, 9.17) is 4.74 Å². The van der Waals surface area contributed by atoms with Crippen molar-refractivity contribution >= 4 is 5.97 Å². The summed E-state index contributed by atoms with van der Waals surface area (Å²) in [5, 5.41) is 0. The van der Waals surface area contributed by atoms with Crippen LogP contribution in [0.15, 0.2) is 42.5 Å². The van der Waals surface area contributed by atoms with Crippen LogP contribution in [0.5, 0.6) is 0 Å². The summed E-state index contributed by atoms with van der Waals surface area (Å²) < 4.78 is 6.02. The van der Waals surface area contributed by atoms with Crippen LogP contribution in [0, 0.1) is 12.8 Å². The third kappa shape index (κ3) is 5.70. The van der Waals surface area contributed by atoms with Crippen LogP contribution in [0.25, 0.3) is 11.1 Å². The summed E-state index contributed by atoms with van der Waals surface area (Å²) >= 11 is 0. The minimum absolute atomic E-state index is 0.277. The fraction of sp³-hybridized carbons (Fsp3) is 0.500. The first kappa shape index (κ1) is 21.6. The van der Waals surface area contributed by atoms with Gasteiger partial charge in [-0.1, -0.05) is 62.4 Å². The molecule has 1 aliphatic rings. The highest BCUT2D eigenvalue weighted by molar-refractivity contribution is 5.97. The predicted octanol–water partition coefficient (Wildman–Crippen LogP) is 6.00. The van der Waals surface area contributed by atoms with E-state index in [1.165, 1.54) is 63.3 Å². The molecule has 0 heterocycles. The fourth-order valence-corrected chi connectivity index (χ4v) is 4.66. The molecule has 1 fully saturated rings. The normalized spacial score (nSPS) is 15.3. The first-order valence-electron chi connectivity index (χ1n) is 11.0. The third-order valence-electron chi connectivity index (χ3n) is 6.40. The molecule has 0 amide bonds. The second kappa shape index (κ2) is 9.58. The summed E-state index contributed by atoms with van der Waals surface area (Å²) in [5.74, 6) is 0.631. The van der Waals surface area contributed by atoms with Gasteiger partial charge in [0.2, 0.25) is 0 Å². The standard InChI is InChI=1S/C26H36NO2/c1-20-10-8-9-13-23(20)25-18-22(14-15-24(25)26(28)29-4)19-27(2,3)17-16-21-11-6-5-7-12-21/h8-10,13-15,18,21H,5-7,11-12,16-17,19H2,1-4H3/q+1. The molecule has 156 valence electrons. The van der Waals surface area contributed by atoms with Gasteiger partial charge in [0.05, 0.1) is 33.3 Å². The smallest absolute Gasteiger partial charge is 0.338 e. The lowest BCUT2D eigenvalue weighted by atomic mass is 9.87. The second-order valence-electron chi connectivity index (χ2n) is 9.30. The highest BCUT2D eigenvalue weighted by atomic mass is 16.5. The molecule has 3 rings (SSSR count). The van der Waals surface area contributed by atoms with Crippen LogP contribution in [-0.2, 0) is 11.3 Å². The van der Waals surface area contributed by atoms with Crippen LogP contribution in [0.1, 0.15) is 60.0 Å². The van der Waals surface area contributed by atoms with Crippen molar-refractivity contribution in [3.05, 3.63) is 59.2 Å². The van der Waals surface area contributed by atoms with Gasteiger partial charge in [-0.2, -0.15) is 0 Å². The first-order valence-corrected chi connectivity index (χ1v) is 11.0. The molecule has 0 bridgehead atoms. The van der Waals surface area contributed by atoms with Gasteiger partial charge in [0.15, 0.2) is 0 Å². The van der Waals surface area contributed by atoms with E-state index in [2.05, 4.69) is 45.3 Å². The minimum atomic E-state index is -0.277. The number of quaternary nitrogens is 1. The zero-order chi connectivity index (χ0) is 20.9. The molecule has 2 aromatic carbocycles. The molecule has 0 N–H and O–H groups in total. The fourth-order valence-electron chi connectivity index (χ4n) is 4.66. The van der Waals surface area contributed by atoms with Crippen molar-refractivity contribution < 1.29 is 14.0 Å². The lowest BCUT2D eigenvalue weighted by molar-refractivity contribution is -0.904. The first-order chi connectivity index (χ1) is 13.9. The SMILES string of the molecule is COC(=O)c1ccc(C[N+](C)(C)CCC2CCCCC2)cc1-c1ccccc1C. The topological polar surface area (TPSA) is 26.3 Å². The number of carbonyl (C=O) groups is 1. The molecule has 2 aromatic rings. The van der Waals surface area contributed by atoms with E-state index in [1.54, 1.807) is 0 Å². The Morgan fingerprint density at radius 2 is 1.76 bits per heavy atom. The van der Waals surface area contributed by atoms with Gasteiger partial charge in [0.1, 0.15) is 6.54 Å². The molecule has 0 saturated heterocycles. The maximum Gasteiger partial charge on any atom is 0.338 e. The number of esters is 1. The van der Waals surface area contributed by atoms with E-state index in [0.29, 0.717) is 5.56 Å². The van der Waals surface area contributed by atoms with E-state index in [9.17, 15) is 4.79 Å². The van der Waals surface area contributed by atoms with E-state index < -0.39 is 0 Å². The van der Waals surface area contributed by atoms with Crippen LogP contribution in [-0.4, -0.2) is 38.2 Å². The summed E-state index contributed by atoms with van der Waals surface area (Å²) in [6.45, 7) is 4.25. The Morgan fingerprint density at radius 3 is 2.45 bits per heavy atom. The van der Waals surface area contributed by atoms with Crippen LogP contribution >= 0.6 is 0 Å². The van der Waals surface area contributed by atoms with E-state index >= 15 is 0 Å². The average Bonchev–Trinajstić information content (AvgIpc) is 2.72. The number of ether oxygens (including phenoxy) is 1. The number of benzene rings is 2. The molecule has 3 nitrogen and oxygen atoms in total. The molecule has 0 radical (unpaired) electrons. The minimum Gasteiger partial charge on any atom is -0.465 e. The van der Waals surface area contributed by atoms with Crippen molar-refractivity contribution in [3.8, 4) is 11.1 Å². The molecule has 0 unspecified atom stereocenters. The lowest BCUT2D eigenvalue weighted by Crippen LogP contribution is -2.40. The molecule has 1 saturated carbocycles. The molecule has 0 aromatic heterocycles. The van der Waals surface area contributed by atoms with E-state index in [0.717, 1.165) is 28.1 Å². The Hall–Kier alpha value is -2.13. The van der Waals surface area contributed by atoms with Crippen molar-refractivity contribution in [1.29, 1.82) is 0 Å². The number of nitrogens with zero attached hydrogens (tertiary/aromatic N) is 1. The highest BCUT2D eigenvalue weighted by Gasteiger charge is 2.22. The molecule has 0 atom stereocenters. The maximum atomic E-state index is 12.4. The number of hydrogen-bond donors (Lipinski definition) is 0. The van der Waals surface area contributed by atoms with Crippen LogP contribution < -0.4 is 0 Å². The highest BCUT2D eigenvalue weighted by Crippen LogP contribution is 2.30. The van der Waals surface area contributed by atoms with E-state index in [1.807, 2.05) is 18.2 Å². The largest absolute Gasteiger partial charge is 0.465 e. The molecule has 0 aliphatic heterocycles. The summed E-state index contributed by atoms with van der Waals surface area (Å²) in [5.41, 5.74) is 5.14. The summed E-state index contributed by atoms with van der Waals surface area (Å²) in [7, 11) is 6.10. The zero-order valence-electron chi connectivity index (χ0n) is 18.5. The Morgan fingerprint density at radius 1 is 1.03 bits per heavy atom. The quantitative estimate of drug-likeness (QED) is 0.425. The second-order valence-corrected chi connectivity index (χ2v) is 9.30. The molecule has 1 aliphatic carbocycles. The van der Waals surface area contributed by atoms with Crippen molar-refractivity contribution in [3.63, 3.8) is 0 Å². The summed E-state index contributed by atoms with van der Waals surface area (Å²) in [6, 6.07) is 14.5. The Balaban J connectivity index is 1.81. The maximum absolute atomic E-state index is 12.4. The van der Waals surface area contributed by atoms with Gasteiger partial charge in [0.25, 0.3) is 0 Å². The number of carbonyl (C=O) groups excluding carboxylic acids is 1. The lowest BCUT2D eigenvalue weighted by Gasteiger charge is -2.32. The Labute approximate surface area is 176 Å². The summed E-state index contributed by atoms with van der Waals surface area (Å²) in [6.07, 6.45) is 8.37. The number of hydrogen-bond acceptors (Lipinski definition) is 2. The molecule has 3 heteroatoms. The van der Waals surface area contributed by atoms with Gasteiger partial charge >= 0.3 is 5.97 Å². The van der Waals surface area contributed by atoms with Crippen molar-refractivity contribution in [2.45, 2.75) is 52.0 Å². The molecular weight excluding hydrogens is 358 g/mol. The number of aryl methyl sites for hydroxylation is 1. The molecule has 29 heavy (non-hydrogen) atoms. The zero-order valence-corrected chi connectivity index (χ0v) is 18.5. The third-order valence-corrected chi connectivity index (χ3v) is 6.40. The predicted molar refractivity (Wildman–Crippen MR) is 120 cm³/mol. The van der Waals surface area contributed by atoms with Crippen LogP contribution in [0.3, 0.4) is 0 Å². The van der Waals surface area contributed by atoms with Gasteiger partial charge in [-0.05, 0) is 48.1 Å². The average molecular weight is 395 g/mol. The van der Waals surface area contributed by atoms with Gasteiger partial charge in [-0.25, -0.2) is 4.79 Å². The van der Waals surface area contributed by atoms with Crippen molar-refractivity contribution in [2.75, 3.05) is 27.7 Å². The van der Waals surface area contributed by atoms with Crippen molar-refractivity contribution in [2.24, 2.45) is 5.92 Å². The van der Waals surface area contributed by atoms with Gasteiger partial charge in [-0.3, -0.25) is 0 Å². The van der Waals surface area contributed by atoms with Gasteiger partial charge < -0.3 is 9.22 Å². The van der Waals surface area contributed by atoms with Gasteiger partial charge in [0, 0.05) is 5.56 Å². The van der Waals surface area contributed by atoms with E-state index in [-0.39, 0.29) is 5.97 Å². The van der Waals surface area contributed by atoms with Gasteiger partial charge in [-0.15, -0.1) is 0 Å². The summed E-state index contributed by atoms with van der Waals surface area (Å²) in [4.78, 5) is 12.4. The monoisotopic (exact) mass is 394 g/mol. The van der Waals surface area contributed by atoms with Crippen LogP contribution in [0.2, 0.25) is 0 Å². The van der Waals surface area contributed by atoms with Crippen LogP contribution in [0.4, 0.5) is 0 Å². The van der Waals surface area contributed by atoms with Crippen molar-refractivity contribution in [1.82, 2.24) is 0 Å². The number of rotatable bonds is 7. The Kier molecular flexibility index (Phi) is 7.13.